The Labute approximate surface area is 157 Å². The van der Waals surface area contributed by atoms with E-state index in [0.29, 0.717) is 48.2 Å². The molecular formula is C19H22ClFN4O. The number of nitrogens with zero attached hydrogens (tertiary/aromatic N) is 1. The third-order valence-electron chi connectivity index (χ3n) is 3.68. The lowest BCUT2D eigenvalue weighted by molar-refractivity contribution is 0.0954. The molecule has 3 N–H and O–H groups in total. The van der Waals surface area contributed by atoms with Gasteiger partial charge >= 0.3 is 0 Å². The van der Waals surface area contributed by atoms with Crippen LogP contribution >= 0.6 is 11.6 Å². The highest BCUT2D eigenvalue weighted by Gasteiger charge is 2.05. The van der Waals surface area contributed by atoms with Gasteiger partial charge < -0.3 is 16.0 Å². The molecule has 0 spiro atoms. The molecule has 0 aliphatic rings. The van der Waals surface area contributed by atoms with E-state index in [-0.39, 0.29) is 11.7 Å². The maximum absolute atomic E-state index is 13.6. The monoisotopic (exact) mass is 376 g/mol. The van der Waals surface area contributed by atoms with Crippen LogP contribution in [-0.2, 0) is 6.42 Å². The number of rotatable bonds is 7. The molecule has 5 nitrogen and oxygen atoms in total. The van der Waals surface area contributed by atoms with E-state index in [1.54, 1.807) is 43.4 Å². The number of halogens is 2. The van der Waals surface area contributed by atoms with E-state index in [0.717, 1.165) is 0 Å². The molecule has 0 unspecified atom stereocenters. The van der Waals surface area contributed by atoms with Crippen molar-refractivity contribution in [1.29, 1.82) is 0 Å². The quantitative estimate of drug-likeness (QED) is 0.395. The number of aliphatic imine (C=N–C) groups is 1. The molecule has 0 bridgehead atoms. The summed E-state index contributed by atoms with van der Waals surface area (Å²) in [6.07, 6.45) is 0.556. The molecule has 0 saturated carbocycles. The summed E-state index contributed by atoms with van der Waals surface area (Å²) in [5, 5.41) is 9.61. The van der Waals surface area contributed by atoms with Crippen LogP contribution in [0.3, 0.4) is 0 Å². The second-order valence-corrected chi connectivity index (χ2v) is 5.97. The lowest BCUT2D eigenvalue weighted by Gasteiger charge is -2.12. The maximum atomic E-state index is 13.6. The summed E-state index contributed by atoms with van der Waals surface area (Å²) in [5.74, 6) is 0.232. The van der Waals surface area contributed by atoms with Crippen LogP contribution in [0.15, 0.2) is 53.5 Å². The van der Waals surface area contributed by atoms with E-state index in [4.69, 9.17) is 11.6 Å². The van der Waals surface area contributed by atoms with Gasteiger partial charge in [0.05, 0.1) is 0 Å². The van der Waals surface area contributed by atoms with Gasteiger partial charge in [-0.25, -0.2) is 4.39 Å². The fraction of sp³-hybridized carbons (Fsp3) is 0.263. The average molecular weight is 377 g/mol. The standard InChI is InChI=1S/C19H22ClFN4O/c1-22-19(24-11-10-14-4-2-3-5-17(14)21)25-13-12-23-18(26)15-6-8-16(20)9-7-15/h2-9H,10-13H2,1H3,(H,23,26)(H2,22,24,25). The van der Waals surface area contributed by atoms with Crippen LogP contribution in [0.4, 0.5) is 4.39 Å². The number of hydrogen-bond acceptors (Lipinski definition) is 2. The first-order valence-corrected chi connectivity index (χ1v) is 8.69. The van der Waals surface area contributed by atoms with E-state index >= 15 is 0 Å². The lowest BCUT2D eigenvalue weighted by atomic mass is 10.1. The second kappa shape index (κ2) is 10.4. The molecule has 0 aliphatic heterocycles. The van der Waals surface area contributed by atoms with Crippen molar-refractivity contribution in [2.45, 2.75) is 6.42 Å². The number of carbonyl (C=O) groups excluding carboxylic acids is 1. The van der Waals surface area contributed by atoms with Crippen LogP contribution in [-0.4, -0.2) is 38.5 Å². The first kappa shape index (κ1) is 19.7. The van der Waals surface area contributed by atoms with Crippen molar-refractivity contribution in [3.8, 4) is 0 Å². The highest BCUT2D eigenvalue weighted by atomic mass is 35.5. The maximum Gasteiger partial charge on any atom is 0.251 e. The van der Waals surface area contributed by atoms with Crippen LogP contribution in [0.2, 0.25) is 5.02 Å². The van der Waals surface area contributed by atoms with Crippen molar-refractivity contribution in [3.63, 3.8) is 0 Å². The van der Waals surface area contributed by atoms with Crippen LogP contribution in [0.1, 0.15) is 15.9 Å². The highest BCUT2D eigenvalue weighted by Crippen LogP contribution is 2.09. The van der Waals surface area contributed by atoms with E-state index < -0.39 is 0 Å². The van der Waals surface area contributed by atoms with Gasteiger partial charge in [0.15, 0.2) is 5.96 Å². The Kier molecular flexibility index (Phi) is 7.89. The molecule has 0 aromatic heterocycles. The molecule has 2 aromatic carbocycles. The van der Waals surface area contributed by atoms with E-state index in [1.807, 2.05) is 6.07 Å². The summed E-state index contributed by atoms with van der Waals surface area (Å²) >= 11 is 5.80. The molecule has 26 heavy (non-hydrogen) atoms. The van der Waals surface area contributed by atoms with Crippen molar-refractivity contribution in [2.75, 3.05) is 26.7 Å². The van der Waals surface area contributed by atoms with E-state index in [2.05, 4.69) is 20.9 Å². The smallest absolute Gasteiger partial charge is 0.251 e. The largest absolute Gasteiger partial charge is 0.356 e. The first-order chi connectivity index (χ1) is 12.6. The predicted molar refractivity (Wildman–Crippen MR) is 103 cm³/mol. The minimum absolute atomic E-state index is 0.161. The Hall–Kier alpha value is -2.60. The van der Waals surface area contributed by atoms with Gasteiger partial charge in [0, 0.05) is 37.3 Å². The molecule has 0 heterocycles. The van der Waals surface area contributed by atoms with E-state index in [1.165, 1.54) is 6.07 Å². The Morgan fingerprint density at radius 1 is 1.00 bits per heavy atom. The van der Waals surface area contributed by atoms with Crippen molar-refractivity contribution in [3.05, 3.63) is 70.5 Å². The number of benzene rings is 2. The fourth-order valence-corrected chi connectivity index (χ4v) is 2.42. The topological polar surface area (TPSA) is 65.5 Å². The van der Waals surface area contributed by atoms with E-state index in [9.17, 15) is 9.18 Å². The van der Waals surface area contributed by atoms with Crippen LogP contribution in [0, 0.1) is 5.82 Å². The van der Waals surface area contributed by atoms with Crippen molar-refractivity contribution < 1.29 is 9.18 Å². The summed E-state index contributed by atoms with van der Waals surface area (Å²) in [6, 6.07) is 13.4. The Morgan fingerprint density at radius 3 is 2.35 bits per heavy atom. The van der Waals surface area contributed by atoms with Gasteiger partial charge in [0.1, 0.15) is 5.82 Å². The molecular weight excluding hydrogens is 355 g/mol. The summed E-state index contributed by atoms with van der Waals surface area (Å²) in [6.45, 7) is 1.51. The molecule has 0 saturated heterocycles. The van der Waals surface area contributed by atoms with Crippen molar-refractivity contribution in [1.82, 2.24) is 16.0 Å². The zero-order valence-corrected chi connectivity index (χ0v) is 15.3. The number of nitrogens with one attached hydrogen (secondary N) is 3. The SMILES string of the molecule is CN=C(NCCNC(=O)c1ccc(Cl)cc1)NCCc1ccccc1F. The molecule has 0 aliphatic carbocycles. The van der Waals surface area contributed by atoms with Gasteiger partial charge in [-0.15, -0.1) is 0 Å². The van der Waals surface area contributed by atoms with Gasteiger partial charge in [-0.05, 0) is 42.3 Å². The zero-order chi connectivity index (χ0) is 18.8. The van der Waals surface area contributed by atoms with Crippen LogP contribution < -0.4 is 16.0 Å². The lowest BCUT2D eigenvalue weighted by Crippen LogP contribution is -2.42. The fourth-order valence-electron chi connectivity index (χ4n) is 2.30. The number of guanidine groups is 1. The third kappa shape index (κ3) is 6.37. The van der Waals surface area contributed by atoms with Gasteiger partial charge in [0.2, 0.25) is 0 Å². The molecule has 138 valence electrons. The summed E-state index contributed by atoms with van der Waals surface area (Å²) in [4.78, 5) is 16.1. The molecule has 1 amide bonds. The summed E-state index contributed by atoms with van der Waals surface area (Å²) < 4.78 is 13.6. The molecule has 0 fully saturated rings. The third-order valence-corrected chi connectivity index (χ3v) is 3.93. The van der Waals surface area contributed by atoms with Crippen molar-refractivity contribution in [2.24, 2.45) is 4.99 Å². The number of hydrogen-bond donors (Lipinski definition) is 3. The Bertz CT molecular complexity index is 749. The van der Waals surface area contributed by atoms with Gasteiger partial charge in [-0.3, -0.25) is 9.79 Å². The minimum Gasteiger partial charge on any atom is -0.356 e. The van der Waals surface area contributed by atoms with Gasteiger partial charge in [0.25, 0.3) is 5.91 Å². The predicted octanol–water partition coefficient (Wildman–Crippen LogP) is 2.62. The number of amides is 1. The van der Waals surface area contributed by atoms with Gasteiger partial charge in [-0.1, -0.05) is 29.8 Å². The van der Waals surface area contributed by atoms with Crippen LogP contribution in [0.5, 0.6) is 0 Å². The molecule has 0 radical (unpaired) electrons. The molecule has 0 atom stereocenters. The number of carbonyl (C=O) groups is 1. The molecule has 7 heteroatoms. The first-order valence-electron chi connectivity index (χ1n) is 8.32. The Morgan fingerprint density at radius 2 is 1.65 bits per heavy atom. The molecule has 2 aromatic rings. The highest BCUT2D eigenvalue weighted by molar-refractivity contribution is 6.30. The summed E-state index contributed by atoms with van der Waals surface area (Å²) in [5.41, 5.74) is 1.22. The molecule has 2 rings (SSSR count). The van der Waals surface area contributed by atoms with Crippen LogP contribution in [0.25, 0.3) is 0 Å². The van der Waals surface area contributed by atoms with Gasteiger partial charge in [-0.2, -0.15) is 0 Å². The minimum atomic E-state index is -0.206. The normalized spacial score (nSPS) is 11.1. The van der Waals surface area contributed by atoms with Crippen molar-refractivity contribution >= 4 is 23.5 Å². The second-order valence-electron chi connectivity index (χ2n) is 5.53. The summed E-state index contributed by atoms with van der Waals surface area (Å²) in [7, 11) is 1.66. The Balaban J connectivity index is 1.66. The average Bonchev–Trinajstić information content (AvgIpc) is 2.65. The zero-order valence-electron chi connectivity index (χ0n) is 14.6.